The van der Waals surface area contributed by atoms with Crippen molar-refractivity contribution in [3.8, 4) is 6.07 Å². The Balaban J connectivity index is 2.93. The summed E-state index contributed by atoms with van der Waals surface area (Å²) in [6.07, 6.45) is 0.122. The van der Waals surface area contributed by atoms with E-state index in [-0.39, 0.29) is 12.0 Å². The molecule has 1 aliphatic carbocycles. The number of nitrogens with zero attached hydrogens (tertiary/aromatic N) is 1. The van der Waals surface area contributed by atoms with Crippen molar-refractivity contribution in [1.29, 1.82) is 5.26 Å². The van der Waals surface area contributed by atoms with E-state index in [9.17, 15) is 8.78 Å². The van der Waals surface area contributed by atoms with Crippen molar-refractivity contribution in [1.82, 2.24) is 0 Å². The summed E-state index contributed by atoms with van der Waals surface area (Å²) in [4.78, 5) is 0. The lowest BCUT2D eigenvalue weighted by Gasteiger charge is -2.43. The third-order valence-electron chi connectivity index (χ3n) is 1.95. The smallest absolute Gasteiger partial charge is 0.200 e. The van der Waals surface area contributed by atoms with Crippen molar-refractivity contribution in [2.75, 3.05) is 0 Å². The van der Waals surface area contributed by atoms with Crippen molar-refractivity contribution in [2.24, 2.45) is 5.41 Å². The van der Waals surface area contributed by atoms with Crippen molar-refractivity contribution >= 4 is 0 Å². The summed E-state index contributed by atoms with van der Waals surface area (Å²) in [5.74, 6) is -2.97. The maximum Gasteiger partial charge on any atom is 0.287 e. The summed E-state index contributed by atoms with van der Waals surface area (Å²) in [5, 5.41) is 8.33. The Morgan fingerprint density at radius 1 is 1.70 bits per heavy atom. The van der Waals surface area contributed by atoms with Crippen LogP contribution in [0.1, 0.15) is 13.3 Å². The lowest BCUT2D eigenvalue weighted by atomic mass is 9.65. The molecule has 1 saturated carbocycles. The van der Waals surface area contributed by atoms with Gasteiger partial charge in [-0.15, -0.1) is 0 Å². The van der Waals surface area contributed by atoms with Crippen molar-refractivity contribution < 1.29 is 8.78 Å². The van der Waals surface area contributed by atoms with Gasteiger partial charge in [-0.2, -0.15) is 14.0 Å². The second-order valence-corrected chi connectivity index (χ2v) is 2.80. The van der Waals surface area contributed by atoms with Gasteiger partial charge >= 0.3 is 0 Å². The van der Waals surface area contributed by atoms with E-state index < -0.39 is 11.3 Å². The Morgan fingerprint density at radius 2 is 2.20 bits per heavy atom. The molecule has 0 heterocycles. The van der Waals surface area contributed by atoms with Gasteiger partial charge in [0.1, 0.15) is 5.41 Å². The van der Waals surface area contributed by atoms with E-state index in [0.29, 0.717) is 0 Å². The Hall–Kier alpha value is -0.910. The number of rotatable bonds is 0. The number of allylic oxidation sites excluding steroid dienone is 1. The van der Waals surface area contributed by atoms with Gasteiger partial charge in [0.05, 0.1) is 6.07 Å². The van der Waals surface area contributed by atoms with E-state index in [2.05, 4.69) is 6.58 Å². The quantitative estimate of drug-likeness (QED) is 0.476. The number of nitriles is 1. The van der Waals surface area contributed by atoms with E-state index in [1.807, 2.05) is 0 Å². The molecule has 10 heavy (non-hydrogen) atoms. The van der Waals surface area contributed by atoms with Crippen LogP contribution < -0.4 is 0 Å². The Labute approximate surface area is 58.0 Å². The van der Waals surface area contributed by atoms with Crippen LogP contribution in [0.5, 0.6) is 0 Å². The highest BCUT2D eigenvalue weighted by Gasteiger charge is 2.62. The predicted octanol–water partition coefficient (Wildman–Crippen LogP) is 2.11. The van der Waals surface area contributed by atoms with Crippen LogP contribution in [0, 0.1) is 16.7 Å². The van der Waals surface area contributed by atoms with E-state index in [1.54, 1.807) is 6.07 Å². The van der Waals surface area contributed by atoms with Gasteiger partial charge in [-0.25, -0.2) is 0 Å². The first kappa shape index (κ1) is 7.20. The van der Waals surface area contributed by atoms with E-state index in [4.69, 9.17) is 5.26 Å². The molecule has 0 aromatic rings. The number of hydrogen-bond donors (Lipinski definition) is 0. The zero-order chi connectivity index (χ0) is 7.99. The Morgan fingerprint density at radius 3 is 2.30 bits per heavy atom. The first-order valence-electron chi connectivity index (χ1n) is 2.91. The zero-order valence-electron chi connectivity index (χ0n) is 5.62. The standard InChI is InChI=1S/C7H7F2N/c1-5-3-6(2,4-10)7(5,8)9/h1,3H2,2H3. The lowest BCUT2D eigenvalue weighted by molar-refractivity contribution is -0.104. The molecule has 0 aromatic heterocycles. The monoisotopic (exact) mass is 143 g/mol. The maximum absolute atomic E-state index is 12.7. The van der Waals surface area contributed by atoms with Gasteiger partial charge in [0.15, 0.2) is 0 Å². The fourth-order valence-electron chi connectivity index (χ4n) is 1.04. The minimum atomic E-state index is -2.97. The van der Waals surface area contributed by atoms with E-state index in [0.717, 1.165) is 0 Å². The van der Waals surface area contributed by atoms with Crippen molar-refractivity contribution in [3.05, 3.63) is 12.2 Å². The Kier molecular flexibility index (Phi) is 1.13. The molecule has 0 N–H and O–H groups in total. The summed E-state index contributed by atoms with van der Waals surface area (Å²) < 4.78 is 25.3. The third kappa shape index (κ3) is 0.539. The summed E-state index contributed by atoms with van der Waals surface area (Å²) in [5.41, 5.74) is -1.62. The molecule has 0 bridgehead atoms. The van der Waals surface area contributed by atoms with E-state index >= 15 is 0 Å². The molecule has 1 nitrogen and oxygen atoms in total. The third-order valence-corrected chi connectivity index (χ3v) is 1.95. The number of halogens is 2. The van der Waals surface area contributed by atoms with Crippen LogP contribution in [-0.4, -0.2) is 5.92 Å². The van der Waals surface area contributed by atoms with Crippen molar-refractivity contribution in [3.63, 3.8) is 0 Å². The molecule has 3 heteroatoms. The van der Waals surface area contributed by atoms with Crippen LogP contribution in [0.15, 0.2) is 12.2 Å². The fraction of sp³-hybridized carbons (Fsp3) is 0.571. The number of alkyl halides is 2. The first-order chi connectivity index (χ1) is 4.44. The van der Waals surface area contributed by atoms with Gasteiger partial charge in [0.2, 0.25) is 0 Å². The van der Waals surface area contributed by atoms with Crippen molar-refractivity contribution in [2.45, 2.75) is 19.3 Å². The molecule has 1 atom stereocenters. The zero-order valence-corrected chi connectivity index (χ0v) is 5.62. The predicted molar refractivity (Wildman–Crippen MR) is 32.4 cm³/mol. The summed E-state index contributed by atoms with van der Waals surface area (Å²) in [6.45, 7) is 4.41. The Bertz CT molecular complexity index is 226. The van der Waals surface area contributed by atoms with Gasteiger partial charge in [-0.05, 0) is 18.9 Å². The van der Waals surface area contributed by atoms with Gasteiger partial charge in [0.25, 0.3) is 5.92 Å². The summed E-state index contributed by atoms with van der Waals surface area (Å²) in [7, 11) is 0. The normalized spacial score (nSPS) is 36.4. The number of hydrogen-bond acceptors (Lipinski definition) is 1. The summed E-state index contributed by atoms with van der Waals surface area (Å²) in [6, 6.07) is 1.59. The molecule has 1 rings (SSSR count). The average Bonchev–Trinajstić information content (AvgIpc) is 1.88. The van der Waals surface area contributed by atoms with Gasteiger partial charge < -0.3 is 0 Å². The van der Waals surface area contributed by atoms with Crippen LogP contribution in [-0.2, 0) is 0 Å². The van der Waals surface area contributed by atoms with Crippen LogP contribution in [0.3, 0.4) is 0 Å². The van der Waals surface area contributed by atoms with Crippen LogP contribution in [0.4, 0.5) is 8.78 Å². The lowest BCUT2D eigenvalue weighted by Crippen LogP contribution is -2.49. The minimum Gasteiger partial charge on any atom is -0.200 e. The minimum absolute atomic E-state index is 0.122. The molecule has 1 fully saturated rings. The highest BCUT2D eigenvalue weighted by atomic mass is 19.3. The highest BCUT2D eigenvalue weighted by Crippen LogP contribution is 2.56. The molecule has 0 amide bonds. The molecule has 0 aliphatic heterocycles. The molecule has 1 aliphatic rings. The second-order valence-electron chi connectivity index (χ2n) is 2.80. The molecule has 1 unspecified atom stereocenters. The first-order valence-corrected chi connectivity index (χ1v) is 2.91. The maximum atomic E-state index is 12.7. The van der Waals surface area contributed by atoms with Gasteiger partial charge in [-0.1, -0.05) is 6.58 Å². The molecule has 54 valence electrons. The second kappa shape index (κ2) is 1.57. The summed E-state index contributed by atoms with van der Waals surface area (Å²) >= 11 is 0. The largest absolute Gasteiger partial charge is 0.287 e. The molecule has 0 radical (unpaired) electrons. The van der Waals surface area contributed by atoms with Gasteiger partial charge in [0, 0.05) is 0 Å². The fourth-order valence-corrected chi connectivity index (χ4v) is 1.04. The molecule has 0 aromatic carbocycles. The molecule has 0 spiro atoms. The average molecular weight is 143 g/mol. The molecule has 0 saturated heterocycles. The van der Waals surface area contributed by atoms with Gasteiger partial charge in [-0.3, -0.25) is 0 Å². The van der Waals surface area contributed by atoms with E-state index in [1.165, 1.54) is 6.92 Å². The highest BCUT2D eigenvalue weighted by molar-refractivity contribution is 5.33. The van der Waals surface area contributed by atoms with Crippen LogP contribution in [0.2, 0.25) is 0 Å². The topological polar surface area (TPSA) is 23.8 Å². The molecular formula is C7H7F2N. The SMILES string of the molecule is C=C1CC(C)(C#N)C1(F)F. The molecular weight excluding hydrogens is 136 g/mol. The van der Waals surface area contributed by atoms with Crippen LogP contribution >= 0.6 is 0 Å². The van der Waals surface area contributed by atoms with Crippen LogP contribution in [0.25, 0.3) is 0 Å².